The molecule has 6 nitrogen and oxygen atoms in total. The molecule has 0 aromatic rings. The van der Waals surface area contributed by atoms with Crippen molar-refractivity contribution in [3.05, 3.63) is 12.5 Å². The highest BCUT2D eigenvalue weighted by atomic mass is 32.3. The molecule has 1 aliphatic rings. The molecule has 0 fully saturated rings. The van der Waals surface area contributed by atoms with Gasteiger partial charge in [-0.1, -0.05) is 0 Å². The fourth-order valence-electron chi connectivity index (χ4n) is 0.438. The molecule has 0 saturated carbocycles. The molecule has 1 heterocycles. The Kier molecular flexibility index (Phi) is 1.79. The molecule has 10 heavy (non-hydrogen) atoms. The molecule has 0 radical (unpaired) electrons. The first-order valence-corrected chi connectivity index (χ1v) is 3.66. The summed E-state index contributed by atoms with van der Waals surface area (Å²) in [7, 11) is -4.41. The zero-order valence-electron chi connectivity index (χ0n) is 4.80. The van der Waals surface area contributed by atoms with Crippen molar-refractivity contribution in [2.45, 2.75) is 0 Å². The van der Waals surface area contributed by atoms with Crippen LogP contribution in [0.1, 0.15) is 0 Å². The maximum atomic E-state index is 9.99. The van der Waals surface area contributed by atoms with Gasteiger partial charge in [0.05, 0.1) is 6.20 Å². The van der Waals surface area contributed by atoms with Crippen molar-refractivity contribution in [3.8, 4) is 0 Å². The van der Waals surface area contributed by atoms with Crippen molar-refractivity contribution in [3.63, 3.8) is 0 Å². The maximum absolute atomic E-state index is 9.99. The fraction of sp³-hybridized carbons (Fsp3) is 0.333. The number of ether oxygens (including phenoxy) is 1. The van der Waals surface area contributed by atoms with E-state index in [1.165, 1.54) is 12.5 Å². The lowest BCUT2D eigenvalue weighted by molar-refractivity contribution is -0.0524. The molecule has 0 atom stereocenters. The van der Waals surface area contributed by atoms with Gasteiger partial charge in [0.25, 0.3) is 0 Å². The summed E-state index contributed by atoms with van der Waals surface area (Å²) in [6.07, 6.45) is 2.47. The molecule has 0 saturated heterocycles. The van der Waals surface area contributed by atoms with Crippen LogP contribution in [0.2, 0.25) is 0 Å². The second kappa shape index (κ2) is 2.45. The lowest BCUT2D eigenvalue weighted by atomic mass is 11.0. The topological polar surface area (TPSA) is 76.1 Å². The Morgan fingerprint density at radius 1 is 1.70 bits per heavy atom. The molecule has 0 bridgehead atoms. The SMILES string of the molecule is O=S(=O)(O)ON1C=COC1. The van der Waals surface area contributed by atoms with E-state index in [2.05, 4.69) is 9.02 Å². The third-order valence-corrected chi connectivity index (χ3v) is 1.09. The molecule has 0 aromatic heterocycles. The normalized spacial score (nSPS) is 17.5. The summed E-state index contributed by atoms with van der Waals surface area (Å²) in [5.74, 6) is 0. The highest BCUT2D eigenvalue weighted by Crippen LogP contribution is 2.03. The Labute approximate surface area is 57.6 Å². The molecule has 1 rings (SSSR count). The van der Waals surface area contributed by atoms with E-state index in [-0.39, 0.29) is 6.73 Å². The second-order valence-corrected chi connectivity index (χ2v) is 2.50. The minimum Gasteiger partial charge on any atom is -0.477 e. The average molecular weight is 167 g/mol. The number of rotatable bonds is 2. The van der Waals surface area contributed by atoms with E-state index >= 15 is 0 Å². The van der Waals surface area contributed by atoms with E-state index in [0.717, 1.165) is 5.06 Å². The van der Waals surface area contributed by atoms with E-state index in [4.69, 9.17) is 4.55 Å². The summed E-state index contributed by atoms with van der Waals surface area (Å²) in [5.41, 5.74) is 0. The molecule has 0 amide bonds. The van der Waals surface area contributed by atoms with Gasteiger partial charge in [-0.2, -0.15) is 8.42 Å². The van der Waals surface area contributed by atoms with E-state index < -0.39 is 10.4 Å². The van der Waals surface area contributed by atoms with E-state index in [1.807, 2.05) is 0 Å². The number of nitrogens with zero attached hydrogens (tertiary/aromatic N) is 1. The van der Waals surface area contributed by atoms with Crippen molar-refractivity contribution < 1.29 is 22.0 Å². The fourth-order valence-corrected chi connectivity index (χ4v) is 0.772. The van der Waals surface area contributed by atoms with Crippen molar-refractivity contribution in [1.29, 1.82) is 0 Å². The first kappa shape index (κ1) is 7.32. The average Bonchev–Trinajstić information content (AvgIpc) is 2.12. The van der Waals surface area contributed by atoms with E-state index in [0.29, 0.717) is 0 Å². The summed E-state index contributed by atoms with van der Waals surface area (Å²) in [4.78, 5) is 0. The molecule has 7 heteroatoms. The molecular formula is C3H5NO5S. The summed E-state index contributed by atoms with van der Waals surface area (Å²) < 4.78 is 36.6. The lowest BCUT2D eigenvalue weighted by Gasteiger charge is -2.08. The Morgan fingerprint density at radius 2 is 2.40 bits per heavy atom. The van der Waals surface area contributed by atoms with Crippen LogP contribution < -0.4 is 0 Å². The quantitative estimate of drug-likeness (QED) is 0.558. The molecule has 58 valence electrons. The van der Waals surface area contributed by atoms with Crippen LogP contribution in [0, 0.1) is 0 Å². The molecule has 0 aliphatic carbocycles. The van der Waals surface area contributed by atoms with Gasteiger partial charge in [-0.3, -0.25) is 4.55 Å². The van der Waals surface area contributed by atoms with Crippen molar-refractivity contribution in [2.24, 2.45) is 0 Å². The van der Waals surface area contributed by atoms with Crippen LogP contribution in [-0.2, 0) is 19.4 Å². The number of hydrogen-bond donors (Lipinski definition) is 1. The van der Waals surface area contributed by atoms with Gasteiger partial charge in [0, 0.05) is 0 Å². The zero-order valence-corrected chi connectivity index (χ0v) is 5.61. The molecule has 0 unspecified atom stereocenters. The standard InChI is InChI=1S/C3H5NO5S/c5-10(6,7)9-4-1-2-8-3-4/h1-2H,3H2,(H,5,6,7). The third kappa shape index (κ3) is 2.21. The van der Waals surface area contributed by atoms with Crippen LogP contribution in [0.3, 0.4) is 0 Å². The smallest absolute Gasteiger partial charge is 0.418 e. The van der Waals surface area contributed by atoms with Crippen LogP contribution in [0.5, 0.6) is 0 Å². The summed E-state index contributed by atoms with van der Waals surface area (Å²) >= 11 is 0. The summed E-state index contributed by atoms with van der Waals surface area (Å²) in [5, 5.41) is 0.829. The minimum absolute atomic E-state index is 0.0419. The third-order valence-electron chi connectivity index (χ3n) is 0.715. The minimum atomic E-state index is -4.41. The Morgan fingerprint density at radius 3 is 2.80 bits per heavy atom. The second-order valence-electron chi connectivity index (χ2n) is 1.50. The Hall–Kier alpha value is -0.790. The summed E-state index contributed by atoms with van der Waals surface area (Å²) in [6, 6.07) is 0. The first-order chi connectivity index (χ1) is 4.58. The number of hydrogen-bond acceptors (Lipinski definition) is 5. The van der Waals surface area contributed by atoms with Crippen molar-refractivity contribution in [2.75, 3.05) is 6.73 Å². The van der Waals surface area contributed by atoms with Gasteiger partial charge in [0.2, 0.25) is 0 Å². The molecule has 0 aromatic carbocycles. The Balaban J connectivity index is 2.47. The first-order valence-electron chi connectivity index (χ1n) is 2.30. The monoisotopic (exact) mass is 167 g/mol. The predicted octanol–water partition coefficient (Wildman–Crippen LogP) is -0.518. The van der Waals surface area contributed by atoms with E-state index in [1.54, 1.807) is 0 Å². The lowest BCUT2D eigenvalue weighted by Crippen LogP contribution is -2.20. The van der Waals surface area contributed by atoms with Gasteiger partial charge < -0.3 is 4.74 Å². The molecule has 1 aliphatic heterocycles. The largest absolute Gasteiger partial charge is 0.477 e. The van der Waals surface area contributed by atoms with Gasteiger partial charge >= 0.3 is 10.4 Å². The van der Waals surface area contributed by atoms with E-state index in [9.17, 15) is 8.42 Å². The maximum Gasteiger partial charge on any atom is 0.418 e. The van der Waals surface area contributed by atoms with Crippen molar-refractivity contribution >= 4 is 10.4 Å². The molecule has 0 spiro atoms. The molecular weight excluding hydrogens is 162 g/mol. The van der Waals surface area contributed by atoms with Gasteiger partial charge in [0.15, 0.2) is 6.73 Å². The highest BCUT2D eigenvalue weighted by molar-refractivity contribution is 7.80. The van der Waals surface area contributed by atoms with Gasteiger partial charge in [0.1, 0.15) is 6.26 Å². The van der Waals surface area contributed by atoms with Crippen molar-refractivity contribution in [1.82, 2.24) is 5.06 Å². The van der Waals surface area contributed by atoms with Crippen LogP contribution in [0.15, 0.2) is 12.5 Å². The zero-order chi connectivity index (χ0) is 7.61. The van der Waals surface area contributed by atoms with Gasteiger partial charge in [-0.15, -0.1) is 4.28 Å². The summed E-state index contributed by atoms with van der Waals surface area (Å²) in [6.45, 7) is -0.0419. The van der Waals surface area contributed by atoms with Gasteiger partial charge in [-0.05, 0) is 0 Å². The highest BCUT2D eigenvalue weighted by Gasteiger charge is 2.13. The molecule has 1 N–H and O–H groups in total. The number of hydroxylamine groups is 2. The predicted molar refractivity (Wildman–Crippen MR) is 29.6 cm³/mol. The van der Waals surface area contributed by atoms with Crippen LogP contribution in [0.25, 0.3) is 0 Å². The van der Waals surface area contributed by atoms with Crippen LogP contribution >= 0.6 is 0 Å². The van der Waals surface area contributed by atoms with Crippen LogP contribution in [0.4, 0.5) is 0 Å². The van der Waals surface area contributed by atoms with Crippen LogP contribution in [-0.4, -0.2) is 24.8 Å². The Bertz CT molecular complexity index is 231. The van der Waals surface area contributed by atoms with Gasteiger partial charge in [-0.25, -0.2) is 5.06 Å².